The lowest BCUT2D eigenvalue weighted by Gasteiger charge is -2.23. The van der Waals surface area contributed by atoms with E-state index in [9.17, 15) is 0 Å². The predicted molar refractivity (Wildman–Crippen MR) is 213 cm³/mol. The highest BCUT2D eigenvalue weighted by Crippen LogP contribution is 2.55. The van der Waals surface area contributed by atoms with Gasteiger partial charge in [-0.3, -0.25) is 4.98 Å². The van der Waals surface area contributed by atoms with Crippen LogP contribution in [0.5, 0.6) is 0 Å². The Morgan fingerprint density at radius 1 is 0.660 bits per heavy atom. The first kappa shape index (κ1) is 28.7. The van der Waals surface area contributed by atoms with E-state index in [4.69, 9.17) is 4.42 Å². The van der Waals surface area contributed by atoms with Crippen LogP contribution in [0.1, 0.15) is 5.56 Å². The molecule has 0 radical (unpaired) electrons. The van der Waals surface area contributed by atoms with Gasteiger partial charge >= 0.3 is 0 Å². The molecular weight excluding hydrogens is 728 g/mol. The van der Waals surface area contributed by atoms with Gasteiger partial charge < -0.3 is 8.98 Å². The minimum atomic E-state index is -3.08. The van der Waals surface area contributed by atoms with Crippen molar-refractivity contribution in [3.8, 4) is 11.1 Å². The first-order chi connectivity index (χ1) is 23.0. The third-order valence-electron chi connectivity index (χ3n) is 8.82. The van der Waals surface area contributed by atoms with Crippen LogP contribution < -0.4 is 10.6 Å². The molecule has 8 aromatic rings. The van der Waals surface area contributed by atoms with Gasteiger partial charge in [-0.2, -0.15) is 0 Å². The van der Waals surface area contributed by atoms with Gasteiger partial charge in [0.25, 0.3) is 0 Å². The number of halogens is 1. The summed E-state index contributed by atoms with van der Waals surface area (Å²) in [6.45, 7) is 0. The maximum Gasteiger partial charge on any atom is 0.171 e. The van der Waals surface area contributed by atoms with E-state index in [2.05, 4.69) is 78.3 Å². The fourth-order valence-electron chi connectivity index (χ4n) is 6.51. The van der Waals surface area contributed by atoms with Crippen LogP contribution in [-0.2, 0) is 4.57 Å². The molecule has 3 aromatic heterocycles. The van der Waals surface area contributed by atoms with Crippen molar-refractivity contribution in [3.63, 3.8) is 0 Å². The Morgan fingerprint density at radius 3 is 1.96 bits per heavy atom. The second-order valence-corrected chi connectivity index (χ2v) is 19.2. The molecule has 6 heteroatoms. The zero-order valence-electron chi connectivity index (χ0n) is 25.1. The molecule has 47 heavy (non-hydrogen) atoms. The third-order valence-corrected chi connectivity index (χ3v) is 16.4. The largest absolute Gasteiger partial charge is 0.456 e. The zero-order chi connectivity index (χ0) is 31.5. The normalized spacial score (nSPS) is 14.0. The van der Waals surface area contributed by atoms with Gasteiger partial charge in [0.05, 0.1) is 0 Å². The average Bonchev–Trinajstić information content (AvgIpc) is 3.69. The lowest BCUT2D eigenvalue weighted by molar-refractivity contribution is 0.591. The van der Waals surface area contributed by atoms with Crippen LogP contribution in [0, 0.1) is 0 Å². The molecule has 3 nitrogen and oxygen atoms in total. The lowest BCUT2D eigenvalue weighted by Crippen LogP contribution is -2.17. The van der Waals surface area contributed by atoms with E-state index in [0.717, 1.165) is 60.1 Å². The van der Waals surface area contributed by atoms with Gasteiger partial charge in [-0.25, -0.2) is 0 Å². The molecule has 0 atom stereocenters. The van der Waals surface area contributed by atoms with Gasteiger partial charge in [0.2, 0.25) is 0 Å². The summed E-state index contributed by atoms with van der Waals surface area (Å²) in [5, 5.41) is 7.16. The maximum atomic E-state index is 15.2. The number of pyridine rings is 1. The number of furan rings is 1. The lowest BCUT2D eigenvalue weighted by atomic mass is 9.99. The fourth-order valence-corrected chi connectivity index (χ4v) is 14.7. The molecule has 0 saturated carbocycles. The number of nitrogens with zero attached hydrogens (tertiary/aromatic N) is 1. The number of fused-ring (bicyclic) bond motifs is 6. The molecule has 0 unspecified atom stereocenters. The monoisotopic (exact) mass is 755 g/mol. The van der Waals surface area contributed by atoms with E-state index < -0.39 is 26.0 Å². The van der Waals surface area contributed by atoms with Crippen molar-refractivity contribution in [3.05, 3.63) is 155 Å². The summed E-state index contributed by atoms with van der Waals surface area (Å²) in [4.78, 5) is 4.32. The van der Waals surface area contributed by atoms with Crippen LogP contribution in [0.15, 0.2) is 154 Å². The molecule has 0 saturated heterocycles. The third kappa shape index (κ3) is 4.84. The van der Waals surface area contributed by atoms with Crippen LogP contribution >= 0.6 is 37.3 Å². The molecule has 0 bridgehead atoms. The maximum absolute atomic E-state index is 15.2. The van der Waals surface area contributed by atoms with Crippen molar-refractivity contribution in [2.24, 2.45) is 0 Å². The minimum absolute atomic E-state index is 0.850. The van der Waals surface area contributed by atoms with E-state index in [1.165, 1.54) is 20.2 Å². The number of thiophene rings is 1. The fraction of sp³-hybridized carbons (Fsp3) is 0. The van der Waals surface area contributed by atoms with E-state index >= 15 is 4.57 Å². The highest BCUT2D eigenvalue weighted by molar-refractivity contribution is 14.2. The first-order valence-corrected chi connectivity index (χ1v) is 21.8. The second-order valence-electron chi connectivity index (χ2n) is 11.7. The van der Waals surface area contributed by atoms with Crippen molar-refractivity contribution in [2.45, 2.75) is 0 Å². The Balaban J connectivity index is 1.16. The molecular formula is C41H27INO2PS. The Bertz CT molecular complexity index is 2690. The highest BCUT2D eigenvalue weighted by atomic mass is 127. The van der Waals surface area contributed by atoms with Crippen LogP contribution in [0.3, 0.4) is 0 Å². The van der Waals surface area contributed by atoms with E-state index in [0.29, 0.717) is 0 Å². The van der Waals surface area contributed by atoms with Gasteiger partial charge in [0.1, 0.15) is 11.2 Å². The molecule has 0 amide bonds. The average molecular weight is 756 g/mol. The van der Waals surface area contributed by atoms with Gasteiger partial charge in [-0.05, 0) is 78.9 Å². The summed E-state index contributed by atoms with van der Waals surface area (Å²) in [6, 6.07) is 41.6. The zero-order valence-corrected chi connectivity index (χ0v) is 29.0. The molecule has 0 aliphatic carbocycles. The summed E-state index contributed by atoms with van der Waals surface area (Å²) < 4.78 is 32.9. The summed E-state index contributed by atoms with van der Waals surface area (Å²) >= 11 is -0.0802. The van der Waals surface area contributed by atoms with E-state index in [-0.39, 0.29) is 0 Å². The van der Waals surface area contributed by atoms with Gasteiger partial charge in [0.15, 0.2) is 7.14 Å². The Morgan fingerprint density at radius 2 is 1.26 bits per heavy atom. The van der Waals surface area contributed by atoms with E-state index in [1.54, 1.807) is 6.20 Å². The summed E-state index contributed by atoms with van der Waals surface area (Å²) in [6.07, 6.45) is 5.79. The van der Waals surface area contributed by atoms with Gasteiger partial charge in [-0.15, -0.1) is 30.2 Å². The minimum Gasteiger partial charge on any atom is -0.456 e. The Labute approximate surface area is 282 Å². The quantitative estimate of drug-likeness (QED) is 0.130. The number of hydrogen-bond donors (Lipinski definition) is 0. The molecule has 1 aliphatic heterocycles. The predicted octanol–water partition coefficient (Wildman–Crippen LogP) is 11.0. The molecule has 4 heterocycles. The smallest absolute Gasteiger partial charge is 0.171 e. The van der Waals surface area contributed by atoms with Crippen molar-refractivity contribution in [1.82, 2.24) is 4.98 Å². The molecule has 5 aromatic carbocycles. The second kappa shape index (κ2) is 11.3. The van der Waals surface area contributed by atoms with Crippen molar-refractivity contribution >= 4 is 104 Å². The molecule has 0 spiro atoms. The van der Waals surface area contributed by atoms with Crippen LogP contribution in [0.4, 0.5) is 0 Å². The molecule has 1 aliphatic rings. The number of rotatable bonds is 5. The van der Waals surface area contributed by atoms with Crippen molar-refractivity contribution in [1.29, 1.82) is 0 Å². The van der Waals surface area contributed by atoms with Crippen molar-refractivity contribution < 1.29 is 8.98 Å². The first-order valence-electron chi connectivity index (χ1n) is 15.2. The molecule has 9 rings (SSSR count). The van der Waals surface area contributed by atoms with Crippen LogP contribution in [0.2, 0.25) is 0 Å². The van der Waals surface area contributed by atoms with Gasteiger partial charge in [0, 0.05) is 59.3 Å². The standard InChI is InChI=1S/C41H27INO2PS/c1-42-24-30(20-33(25-42)46(44,31-8-4-2-5-9-31)32-10-6-3-7-11-32)29-14-17-41-36(23-29)35-22-28(13-16-40(35)47-41)27-12-15-38-34(21-27)37-26-43-19-18-39(37)45-38/h2-26H,1H2. The topological polar surface area (TPSA) is 43.1 Å². The Hall–Kier alpha value is -4.55. The van der Waals surface area contributed by atoms with E-state index in [1.807, 2.05) is 84.3 Å². The Kier molecular flexibility index (Phi) is 6.89. The van der Waals surface area contributed by atoms with Crippen LogP contribution in [0.25, 0.3) is 58.8 Å². The molecule has 0 fully saturated rings. The summed E-state index contributed by atoms with van der Waals surface area (Å²) in [7, 11) is -3.08. The number of hydrogen-bond acceptors (Lipinski definition) is 4. The number of benzene rings is 5. The number of aromatic nitrogens is 1. The SMILES string of the molecule is C=I1=CC(c2ccc3sc4ccc(-c5ccc6oc7ccncc7c6c5)cc4c3c2)=CC(P(=O)(c2ccccc2)c2ccccc2)=C1. The van der Waals surface area contributed by atoms with Gasteiger partial charge in [-0.1, -0.05) is 83.4 Å². The van der Waals surface area contributed by atoms with Crippen LogP contribution in [-0.4, -0.2) is 13.5 Å². The molecule has 226 valence electrons. The summed E-state index contributed by atoms with van der Waals surface area (Å²) in [5.41, 5.74) is 6.26. The highest BCUT2D eigenvalue weighted by Gasteiger charge is 2.31. The summed E-state index contributed by atoms with van der Waals surface area (Å²) in [5.74, 6) is 0. The number of allylic oxidation sites excluding steroid dienone is 3. The van der Waals surface area contributed by atoms with Crippen molar-refractivity contribution in [2.75, 3.05) is 0 Å². The molecule has 0 N–H and O–H groups in total.